The SMILES string of the molecule is FC(F)(F)c1nnc2ccc(-c3ccc(Oc4ccccc4)cc3)nn12. The molecule has 0 N–H and O–H groups in total. The van der Waals surface area contributed by atoms with Crippen LogP contribution in [0.3, 0.4) is 0 Å². The molecule has 0 bridgehead atoms. The monoisotopic (exact) mass is 356 g/mol. The highest BCUT2D eigenvalue weighted by atomic mass is 19.4. The largest absolute Gasteiger partial charge is 0.457 e. The van der Waals surface area contributed by atoms with Crippen molar-refractivity contribution in [3.8, 4) is 22.8 Å². The van der Waals surface area contributed by atoms with Crippen molar-refractivity contribution in [2.45, 2.75) is 6.18 Å². The van der Waals surface area contributed by atoms with Gasteiger partial charge in [0.2, 0.25) is 0 Å². The van der Waals surface area contributed by atoms with E-state index >= 15 is 0 Å². The van der Waals surface area contributed by atoms with Crippen molar-refractivity contribution in [1.82, 2.24) is 19.8 Å². The second-order valence-corrected chi connectivity index (χ2v) is 5.45. The minimum Gasteiger partial charge on any atom is -0.457 e. The maximum atomic E-state index is 13.0. The highest BCUT2D eigenvalue weighted by molar-refractivity contribution is 5.61. The van der Waals surface area contributed by atoms with Gasteiger partial charge in [0, 0.05) is 5.56 Å². The Kier molecular flexibility index (Phi) is 3.80. The third kappa shape index (κ3) is 3.08. The highest BCUT2D eigenvalue weighted by Crippen LogP contribution is 2.29. The van der Waals surface area contributed by atoms with E-state index in [9.17, 15) is 13.2 Å². The van der Waals surface area contributed by atoms with Gasteiger partial charge in [0.05, 0.1) is 5.69 Å². The Morgan fingerprint density at radius 2 is 1.46 bits per heavy atom. The Bertz CT molecular complexity index is 1040. The molecule has 0 fully saturated rings. The summed E-state index contributed by atoms with van der Waals surface area (Å²) in [5.41, 5.74) is 1.05. The molecule has 0 aliphatic carbocycles. The topological polar surface area (TPSA) is 52.3 Å². The fourth-order valence-corrected chi connectivity index (χ4v) is 2.44. The maximum absolute atomic E-state index is 13.0. The van der Waals surface area contributed by atoms with E-state index in [1.165, 1.54) is 6.07 Å². The lowest BCUT2D eigenvalue weighted by Gasteiger charge is -2.07. The summed E-state index contributed by atoms with van der Waals surface area (Å²) in [7, 11) is 0. The van der Waals surface area contributed by atoms with E-state index in [2.05, 4.69) is 15.3 Å². The van der Waals surface area contributed by atoms with E-state index in [0.29, 0.717) is 27.3 Å². The Morgan fingerprint density at radius 3 is 2.15 bits per heavy atom. The van der Waals surface area contributed by atoms with E-state index in [1.807, 2.05) is 30.3 Å². The van der Waals surface area contributed by atoms with Crippen LogP contribution < -0.4 is 4.74 Å². The third-order valence-electron chi connectivity index (χ3n) is 3.65. The summed E-state index contributed by atoms with van der Waals surface area (Å²) < 4.78 is 45.3. The molecule has 130 valence electrons. The van der Waals surface area contributed by atoms with Crippen LogP contribution in [0.1, 0.15) is 5.82 Å². The predicted molar refractivity (Wildman–Crippen MR) is 87.7 cm³/mol. The third-order valence-corrected chi connectivity index (χ3v) is 3.65. The van der Waals surface area contributed by atoms with Crippen LogP contribution in [0, 0.1) is 0 Å². The summed E-state index contributed by atoms with van der Waals surface area (Å²) in [5, 5.41) is 10.7. The molecule has 2 aromatic heterocycles. The molecule has 0 saturated heterocycles. The zero-order valence-corrected chi connectivity index (χ0v) is 13.2. The summed E-state index contributed by atoms with van der Waals surface area (Å²) in [6.45, 7) is 0. The average molecular weight is 356 g/mol. The second-order valence-electron chi connectivity index (χ2n) is 5.45. The van der Waals surface area contributed by atoms with E-state index < -0.39 is 12.0 Å². The maximum Gasteiger partial charge on any atom is 0.453 e. The first-order valence-corrected chi connectivity index (χ1v) is 7.64. The minimum atomic E-state index is -4.63. The summed E-state index contributed by atoms with van der Waals surface area (Å²) in [4.78, 5) is 0. The smallest absolute Gasteiger partial charge is 0.453 e. The van der Waals surface area contributed by atoms with Crippen LogP contribution in [0.25, 0.3) is 16.9 Å². The van der Waals surface area contributed by atoms with Gasteiger partial charge in [-0.05, 0) is 48.5 Å². The molecule has 0 amide bonds. The molecule has 0 radical (unpaired) electrons. The molecular weight excluding hydrogens is 345 g/mol. The van der Waals surface area contributed by atoms with Crippen molar-refractivity contribution in [3.63, 3.8) is 0 Å². The molecule has 2 heterocycles. The van der Waals surface area contributed by atoms with Crippen molar-refractivity contribution in [2.24, 2.45) is 0 Å². The fraction of sp³-hybridized carbons (Fsp3) is 0.0556. The van der Waals surface area contributed by atoms with Crippen LogP contribution in [0.4, 0.5) is 13.2 Å². The van der Waals surface area contributed by atoms with Gasteiger partial charge in [-0.15, -0.1) is 10.2 Å². The van der Waals surface area contributed by atoms with Crippen LogP contribution in [-0.4, -0.2) is 19.8 Å². The summed E-state index contributed by atoms with van der Waals surface area (Å²) in [5.74, 6) is 0.152. The molecule has 2 aromatic carbocycles. The fourth-order valence-electron chi connectivity index (χ4n) is 2.44. The summed E-state index contributed by atoms with van der Waals surface area (Å²) >= 11 is 0. The summed E-state index contributed by atoms with van der Waals surface area (Å²) in [6, 6.07) is 19.2. The molecule has 0 spiro atoms. The number of ether oxygens (including phenoxy) is 1. The first-order valence-electron chi connectivity index (χ1n) is 7.64. The standard InChI is InChI=1S/C18H11F3N4O/c19-18(20,21)17-23-22-16-11-10-15(24-25(16)17)12-6-8-14(9-7-12)26-13-4-2-1-3-5-13/h1-11H. The molecule has 0 unspecified atom stereocenters. The number of alkyl halides is 3. The number of rotatable bonds is 3. The lowest BCUT2D eigenvalue weighted by Crippen LogP contribution is -2.12. The number of benzene rings is 2. The van der Waals surface area contributed by atoms with Gasteiger partial charge in [0.1, 0.15) is 11.5 Å². The van der Waals surface area contributed by atoms with Crippen LogP contribution in [0.5, 0.6) is 11.5 Å². The summed E-state index contributed by atoms with van der Waals surface area (Å²) in [6.07, 6.45) is -4.63. The van der Waals surface area contributed by atoms with Gasteiger partial charge < -0.3 is 4.74 Å². The molecular formula is C18H11F3N4O. The van der Waals surface area contributed by atoms with Gasteiger partial charge in [-0.1, -0.05) is 18.2 Å². The molecule has 26 heavy (non-hydrogen) atoms. The molecule has 4 aromatic rings. The average Bonchev–Trinajstić information content (AvgIpc) is 3.07. The lowest BCUT2D eigenvalue weighted by molar-refractivity contribution is -0.146. The molecule has 4 rings (SSSR count). The first kappa shape index (κ1) is 16.1. The Morgan fingerprint density at radius 1 is 0.769 bits per heavy atom. The number of nitrogens with zero attached hydrogens (tertiary/aromatic N) is 4. The van der Waals surface area contributed by atoms with Crippen molar-refractivity contribution < 1.29 is 17.9 Å². The van der Waals surface area contributed by atoms with Crippen molar-refractivity contribution >= 4 is 5.65 Å². The van der Waals surface area contributed by atoms with Crippen LogP contribution in [-0.2, 0) is 6.18 Å². The first-order chi connectivity index (χ1) is 12.5. The number of para-hydroxylation sites is 1. The molecule has 0 saturated carbocycles. The van der Waals surface area contributed by atoms with Gasteiger partial charge in [0.15, 0.2) is 5.65 Å². The Hall–Kier alpha value is -3.42. The van der Waals surface area contributed by atoms with Crippen LogP contribution >= 0.6 is 0 Å². The van der Waals surface area contributed by atoms with Crippen molar-refractivity contribution in [1.29, 1.82) is 0 Å². The number of aromatic nitrogens is 4. The number of halogens is 3. The molecule has 8 heteroatoms. The van der Waals surface area contributed by atoms with Crippen LogP contribution in [0.15, 0.2) is 66.7 Å². The van der Waals surface area contributed by atoms with Crippen molar-refractivity contribution in [3.05, 3.63) is 72.6 Å². The highest BCUT2D eigenvalue weighted by Gasteiger charge is 2.37. The van der Waals surface area contributed by atoms with Gasteiger partial charge in [0.25, 0.3) is 5.82 Å². The van der Waals surface area contributed by atoms with E-state index in [0.717, 1.165) is 0 Å². The minimum absolute atomic E-state index is 0.0325. The van der Waals surface area contributed by atoms with Crippen LogP contribution in [0.2, 0.25) is 0 Å². The second kappa shape index (κ2) is 6.14. The number of fused-ring (bicyclic) bond motifs is 1. The zero-order valence-electron chi connectivity index (χ0n) is 13.2. The Labute approximate surface area is 145 Å². The molecule has 0 atom stereocenters. The lowest BCUT2D eigenvalue weighted by atomic mass is 10.1. The Balaban J connectivity index is 1.65. The van der Waals surface area contributed by atoms with Gasteiger partial charge in [-0.2, -0.15) is 22.8 Å². The molecule has 0 aliphatic rings. The number of hydrogen-bond donors (Lipinski definition) is 0. The molecule has 5 nitrogen and oxygen atoms in total. The van der Waals surface area contributed by atoms with Gasteiger partial charge in [-0.3, -0.25) is 0 Å². The van der Waals surface area contributed by atoms with Crippen molar-refractivity contribution in [2.75, 3.05) is 0 Å². The van der Waals surface area contributed by atoms with Gasteiger partial charge >= 0.3 is 6.18 Å². The number of hydrogen-bond acceptors (Lipinski definition) is 4. The van der Waals surface area contributed by atoms with E-state index in [4.69, 9.17) is 4.74 Å². The molecule has 0 aliphatic heterocycles. The zero-order chi connectivity index (χ0) is 18.1. The quantitative estimate of drug-likeness (QED) is 0.538. The normalized spacial score (nSPS) is 11.7. The predicted octanol–water partition coefficient (Wildman–Crippen LogP) is 4.60. The van der Waals surface area contributed by atoms with Gasteiger partial charge in [-0.25, -0.2) is 0 Å². The van der Waals surface area contributed by atoms with E-state index in [1.54, 1.807) is 30.3 Å². The van der Waals surface area contributed by atoms with E-state index in [-0.39, 0.29) is 5.65 Å².